The second-order valence-electron chi connectivity index (χ2n) is 8.36. The molecule has 1 spiro atoms. The van der Waals surface area contributed by atoms with Gasteiger partial charge in [0.15, 0.2) is 11.6 Å². The minimum absolute atomic E-state index is 0.0244. The van der Waals surface area contributed by atoms with Crippen molar-refractivity contribution in [2.75, 3.05) is 19.6 Å². The van der Waals surface area contributed by atoms with Crippen molar-refractivity contribution in [2.45, 2.75) is 45.6 Å². The summed E-state index contributed by atoms with van der Waals surface area (Å²) < 4.78 is 27.5. The number of halogens is 2. The lowest BCUT2D eigenvalue weighted by Crippen LogP contribution is -2.50. The van der Waals surface area contributed by atoms with Crippen LogP contribution >= 0.6 is 0 Å². The first-order chi connectivity index (χ1) is 12.3. The number of hydrogen-bond acceptors (Lipinski definition) is 2. The van der Waals surface area contributed by atoms with Gasteiger partial charge in [-0.3, -0.25) is 9.59 Å². The van der Waals surface area contributed by atoms with E-state index in [1.54, 1.807) is 4.90 Å². The van der Waals surface area contributed by atoms with Crippen LogP contribution in [0.4, 0.5) is 8.78 Å². The fourth-order valence-corrected chi connectivity index (χ4v) is 4.39. The Labute approximate surface area is 152 Å². The average Bonchev–Trinajstić information content (AvgIpc) is 3.23. The summed E-state index contributed by atoms with van der Waals surface area (Å²) in [5.74, 6) is -1.64. The average molecular weight is 362 g/mol. The van der Waals surface area contributed by atoms with E-state index >= 15 is 0 Å². The van der Waals surface area contributed by atoms with Crippen LogP contribution in [0.25, 0.3) is 0 Å². The Morgan fingerprint density at radius 2 is 1.92 bits per heavy atom. The topological polar surface area (TPSA) is 40.6 Å². The maximum Gasteiger partial charge on any atom is 0.230 e. The van der Waals surface area contributed by atoms with Gasteiger partial charge in [-0.05, 0) is 38.2 Å². The van der Waals surface area contributed by atoms with Crippen LogP contribution in [0.3, 0.4) is 0 Å². The van der Waals surface area contributed by atoms with E-state index in [9.17, 15) is 18.4 Å². The van der Waals surface area contributed by atoms with Gasteiger partial charge in [0, 0.05) is 37.2 Å². The molecular formula is C20H24F2N2O2. The molecule has 0 N–H and O–H groups in total. The van der Waals surface area contributed by atoms with Gasteiger partial charge in [0.1, 0.15) is 0 Å². The predicted octanol–water partition coefficient (Wildman–Crippen LogP) is 3.11. The van der Waals surface area contributed by atoms with Gasteiger partial charge in [0.05, 0.1) is 5.41 Å². The third-order valence-corrected chi connectivity index (χ3v) is 6.37. The van der Waals surface area contributed by atoms with Gasteiger partial charge in [-0.2, -0.15) is 0 Å². The summed E-state index contributed by atoms with van der Waals surface area (Å²) in [6.07, 6.45) is 4.09. The van der Waals surface area contributed by atoms with E-state index in [2.05, 4.69) is 0 Å². The first kappa shape index (κ1) is 17.4. The Balaban J connectivity index is 1.50. The summed E-state index contributed by atoms with van der Waals surface area (Å²) in [6, 6.07) is 4.06. The predicted molar refractivity (Wildman–Crippen MR) is 92.0 cm³/mol. The van der Waals surface area contributed by atoms with E-state index in [4.69, 9.17) is 0 Å². The second-order valence-corrected chi connectivity index (χ2v) is 8.36. The number of amides is 2. The van der Waals surface area contributed by atoms with Crippen LogP contribution < -0.4 is 0 Å². The highest BCUT2D eigenvalue weighted by Crippen LogP contribution is 2.49. The van der Waals surface area contributed by atoms with Crippen LogP contribution in [0.15, 0.2) is 18.2 Å². The van der Waals surface area contributed by atoms with Crippen molar-refractivity contribution in [1.29, 1.82) is 0 Å². The van der Waals surface area contributed by atoms with E-state index in [0.717, 1.165) is 31.7 Å². The molecule has 2 saturated heterocycles. The molecule has 0 unspecified atom stereocenters. The van der Waals surface area contributed by atoms with E-state index in [-0.39, 0.29) is 29.3 Å². The molecule has 1 saturated carbocycles. The molecule has 2 aliphatic heterocycles. The molecular weight excluding hydrogens is 338 g/mol. The van der Waals surface area contributed by atoms with Crippen LogP contribution in [0.1, 0.15) is 44.6 Å². The maximum absolute atomic E-state index is 14.0. The molecule has 2 heterocycles. The molecule has 26 heavy (non-hydrogen) atoms. The molecule has 0 bridgehead atoms. The van der Waals surface area contributed by atoms with Crippen molar-refractivity contribution in [2.24, 2.45) is 10.8 Å². The van der Waals surface area contributed by atoms with Crippen LogP contribution in [0.5, 0.6) is 0 Å². The third kappa shape index (κ3) is 2.79. The zero-order valence-electron chi connectivity index (χ0n) is 15.1. The van der Waals surface area contributed by atoms with Crippen molar-refractivity contribution in [3.05, 3.63) is 35.4 Å². The van der Waals surface area contributed by atoms with Gasteiger partial charge in [-0.1, -0.05) is 19.1 Å². The molecule has 3 fully saturated rings. The molecule has 1 aliphatic carbocycles. The Morgan fingerprint density at radius 3 is 2.65 bits per heavy atom. The van der Waals surface area contributed by atoms with Crippen molar-refractivity contribution in [3.63, 3.8) is 0 Å². The first-order valence-corrected chi connectivity index (χ1v) is 9.36. The fraction of sp³-hybridized carbons (Fsp3) is 0.600. The Bertz CT molecular complexity index is 762. The normalized spacial score (nSPS) is 27.3. The smallest absolute Gasteiger partial charge is 0.230 e. The highest BCUT2D eigenvalue weighted by Gasteiger charge is 2.54. The standard InChI is InChI=1S/C20H24F2N2O2/c1-19(7-8-19)17(25)24-11-9-20(13-24)6-3-10-23(18(20)26)12-14-4-2-5-15(21)16(14)22/h2,4-5H,3,6-13H2,1H3/t20-/m1/s1. The zero-order chi connectivity index (χ0) is 18.5. The van der Waals surface area contributed by atoms with E-state index in [1.165, 1.54) is 12.1 Å². The van der Waals surface area contributed by atoms with Crippen LogP contribution in [0, 0.1) is 22.5 Å². The number of benzene rings is 1. The SMILES string of the molecule is CC1(C(=O)N2CC[C@]3(CCCN(Cc4cccc(F)c4F)C3=O)C2)CC1. The van der Waals surface area contributed by atoms with E-state index in [0.29, 0.717) is 26.1 Å². The number of nitrogens with zero attached hydrogens (tertiary/aromatic N) is 2. The number of rotatable bonds is 3. The minimum Gasteiger partial charge on any atom is -0.341 e. The van der Waals surface area contributed by atoms with Crippen LogP contribution in [-0.4, -0.2) is 41.2 Å². The Hall–Kier alpha value is -1.98. The summed E-state index contributed by atoms with van der Waals surface area (Å²) in [5, 5.41) is 0. The first-order valence-electron chi connectivity index (χ1n) is 9.36. The van der Waals surface area contributed by atoms with Crippen molar-refractivity contribution in [1.82, 2.24) is 9.80 Å². The summed E-state index contributed by atoms with van der Waals surface area (Å²) in [5.41, 5.74) is -0.580. The van der Waals surface area contributed by atoms with Crippen molar-refractivity contribution < 1.29 is 18.4 Å². The van der Waals surface area contributed by atoms with Gasteiger partial charge in [0.2, 0.25) is 11.8 Å². The van der Waals surface area contributed by atoms with Gasteiger partial charge >= 0.3 is 0 Å². The van der Waals surface area contributed by atoms with Gasteiger partial charge in [-0.15, -0.1) is 0 Å². The summed E-state index contributed by atoms with van der Waals surface area (Å²) in [6.45, 7) is 3.69. The van der Waals surface area contributed by atoms with E-state index in [1.807, 2.05) is 11.8 Å². The van der Waals surface area contributed by atoms with Crippen molar-refractivity contribution >= 4 is 11.8 Å². The lowest BCUT2D eigenvalue weighted by atomic mass is 9.78. The molecule has 0 radical (unpaired) electrons. The summed E-state index contributed by atoms with van der Waals surface area (Å²) in [4.78, 5) is 29.3. The van der Waals surface area contributed by atoms with Crippen LogP contribution in [0.2, 0.25) is 0 Å². The zero-order valence-corrected chi connectivity index (χ0v) is 15.1. The molecule has 4 rings (SSSR count). The van der Waals surface area contributed by atoms with Crippen LogP contribution in [-0.2, 0) is 16.1 Å². The summed E-state index contributed by atoms with van der Waals surface area (Å²) >= 11 is 0. The monoisotopic (exact) mass is 362 g/mol. The third-order valence-electron chi connectivity index (χ3n) is 6.37. The second kappa shape index (κ2) is 6.03. The molecule has 1 aromatic rings. The number of likely N-dealkylation sites (tertiary alicyclic amines) is 2. The Morgan fingerprint density at radius 1 is 1.15 bits per heavy atom. The number of hydrogen-bond donors (Lipinski definition) is 0. The highest BCUT2D eigenvalue weighted by molar-refractivity contribution is 5.88. The molecule has 1 atom stereocenters. The van der Waals surface area contributed by atoms with Gasteiger partial charge < -0.3 is 9.80 Å². The largest absolute Gasteiger partial charge is 0.341 e. The highest BCUT2D eigenvalue weighted by atomic mass is 19.2. The lowest BCUT2D eigenvalue weighted by Gasteiger charge is -2.39. The van der Waals surface area contributed by atoms with Gasteiger partial charge in [0.25, 0.3) is 0 Å². The maximum atomic E-state index is 14.0. The van der Waals surface area contributed by atoms with Crippen molar-refractivity contribution in [3.8, 4) is 0 Å². The quantitative estimate of drug-likeness (QED) is 0.829. The molecule has 4 nitrogen and oxygen atoms in total. The van der Waals surface area contributed by atoms with Gasteiger partial charge in [-0.25, -0.2) is 8.78 Å². The molecule has 0 aromatic heterocycles. The molecule has 6 heteroatoms. The molecule has 2 amide bonds. The number of piperidine rings is 1. The van der Waals surface area contributed by atoms with E-state index < -0.39 is 17.0 Å². The minimum atomic E-state index is -0.892. The molecule has 140 valence electrons. The number of carbonyl (C=O) groups is 2. The fourth-order valence-electron chi connectivity index (χ4n) is 4.39. The lowest BCUT2D eigenvalue weighted by molar-refractivity contribution is -0.147. The molecule has 1 aromatic carbocycles. The molecule has 3 aliphatic rings. The number of carbonyl (C=O) groups excluding carboxylic acids is 2. The Kier molecular flexibility index (Phi) is 4.04. The summed E-state index contributed by atoms with van der Waals surface area (Å²) in [7, 11) is 0.